The summed E-state index contributed by atoms with van der Waals surface area (Å²) < 4.78 is 5.68. The molecule has 1 saturated heterocycles. The van der Waals surface area contributed by atoms with E-state index in [2.05, 4.69) is 6.92 Å². The topological polar surface area (TPSA) is 55.6 Å². The lowest BCUT2D eigenvalue weighted by atomic mass is 9.89. The van der Waals surface area contributed by atoms with Crippen molar-refractivity contribution in [3.8, 4) is 0 Å². The van der Waals surface area contributed by atoms with Gasteiger partial charge in [0.05, 0.1) is 0 Å². The van der Waals surface area contributed by atoms with Crippen molar-refractivity contribution in [2.45, 2.75) is 70.1 Å². The maximum atomic E-state index is 12.6. The summed E-state index contributed by atoms with van der Waals surface area (Å²) in [5.74, 6) is 0.183. The fraction of sp³-hybridized carbons (Fsp3) is 0.929. The van der Waals surface area contributed by atoms with Gasteiger partial charge < -0.3 is 15.4 Å². The molecule has 0 spiro atoms. The predicted molar refractivity (Wildman–Crippen MR) is 71.2 cm³/mol. The zero-order valence-corrected chi connectivity index (χ0v) is 11.7. The van der Waals surface area contributed by atoms with Crippen LogP contribution in [0.1, 0.15) is 52.4 Å². The summed E-state index contributed by atoms with van der Waals surface area (Å²) in [6.45, 7) is 5.50. The number of nitrogens with two attached hydrogens (primary N) is 1. The SMILES string of the molecule is CCN(C(=O)C1(C)CCCO1)C1CCC(N)CC1. The average molecular weight is 254 g/mol. The molecule has 0 aromatic carbocycles. The van der Waals surface area contributed by atoms with E-state index < -0.39 is 5.60 Å². The van der Waals surface area contributed by atoms with Crippen LogP contribution in [0.4, 0.5) is 0 Å². The van der Waals surface area contributed by atoms with Gasteiger partial charge in [-0.3, -0.25) is 4.79 Å². The Balaban J connectivity index is 2.01. The Bertz CT molecular complexity index is 292. The highest BCUT2D eigenvalue weighted by atomic mass is 16.5. The molecule has 1 aliphatic heterocycles. The van der Waals surface area contributed by atoms with Crippen LogP contribution in [0.25, 0.3) is 0 Å². The summed E-state index contributed by atoms with van der Waals surface area (Å²) >= 11 is 0. The Labute approximate surface area is 110 Å². The maximum absolute atomic E-state index is 12.6. The molecule has 2 rings (SSSR count). The molecular formula is C14H26N2O2. The molecule has 0 aromatic heterocycles. The zero-order valence-electron chi connectivity index (χ0n) is 11.7. The summed E-state index contributed by atoms with van der Waals surface area (Å²) in [4.78, 5) is 14.7. The van der Waals surface area contributed by atoms with Crippen molar-refractivity contribution in [1.82, 2.24) is 4.90 Å². The summed E-state index contributed by atoms with van der Waals surface area (Å²) in [5, 5.41) is 0. The third-order valence-electron chi connectivity index (χ3n) is 4.45. The van der Waals surface area contributed by atoms with Gasteiger partial charge in [-0.15, -0.1) is 0 Å². The first-order chi connectivity index (χ1) is 8.57. The van der Waals surface area contributed by atoms with Crippen LogP contribution in [0.5, 0.6) is 0 Å². The Kier molecular flexibility index (Phi) is 4.28. The van der Waals surface area contributed by atoms with E-state index in [1.165, 1.54) is 0 Å². The minimum Gasteiger partial charge on any atom is -0.365 e. The second kappa shape index (κ2) is 5.57. The van der Waals surface area contributed by atoms with Crippen LogP contribution in [-0.2, 0) is 9.53 Å². The molecule has 0 bridgehead atoms. The number of carbonyl (C=O) groups excluding carboxylic acids is 1. The van der Waals surface area contributed by atoms with E-state index in [1.807, 2.05) is 11.8 Å². The largest absolute Gasteiger partial charge is 0.365 e. The molecule has 0 aromatic rings. The molecule has 2 aliphatic rings. The zero-order chi connectivity index (χ0) is 13.2. The average Bonchev–Trinajstić information content (AvgIpc) is 2.81. The van der Waals surface area contributed by atoms with E-state index in [9.17, 15) is 4.79 Å². The third-order valence-corrected chi connectivity index (χ3v) is 4.45. The van der Waals surface area contributed by atoms with Crippen molar-refractivity contribution >= 4 is 5.91 Å². The number of carbonyl (C=O) groups is 1. The number of hydrogen-bond acceptors (Lipinski definition) is 3. The minimum absolute atomic E-state index is 0.183. The fourth-order valence-corrected chi connectivity index (χ4v) is 3.23. The molecule has 1 unspecified atom stereocenters. The molecule has 104 valence electrons. The molecule has 1 atom stereocenters. The number of amides is 1. The molecule has 18 heavy (non-hydrogen) atoms. The smallest absolute Gasteiger partial charge is 0.254 e. The molecule has 2 fully saturated rings. The van der Waals surface area contributed by atoms with Crippen molar-refractivity contribution in [3.63, 3.8) is 0 Å². The Morgan fingerprint density at radius 2 is 2.06 bits per heavy atom. The highest BCUT2D eigenvalue weighted by molar-refractivity contribution is 5.85. The molecule has 1 amide bonds. The van der Waals surface area contributed by atoms with Gasteiger partial charge in [0.2, 0.25) is 0 Å². The van der Waals surface area contributed by atoms with Crippen LogP contribution >= 0.6 is 0 Å². The lowest BCUT2D eigenvalue weighted by Gasteiger charge is -2.39. The van der Waals surface area contributed by atoms with Gasteiger partial charge in [0.25, 0.3) is 5.91 Å². The molecule has 1 heterocycles. The molecule has 2 N–H and O–H groups in total. The molecule has 4 nitrogen and oxygen atoms in total. The van der Waals surface area contributed by atoms with Crippen LogP contribution in [0, 0.1) is 0 Å². The molecule has 0 radical (unpaired) electrons. The first-order valence-electron chi connectivity index (χ1n) is 7.27. The van der Waals surface area contributed by atoms with E-state index in [0.717, 1.165) is 51.7 Å². The van der Waals surface area contributed by atoms with Crippen molar-refractivity contribution in [2.75, 3.05) is 13.2 Å². The van der Waals surface area contributed by atoms with E-state index in [1.54, 1.807) is 0 Å². The number of likely N-dealkylation sites (N-methyl/N-ethyl adjacent to an activating group) is 1. The van der Waals surface area contributed by atoms with E-state index in [4.69, 9.17) is 10.5 Å². The second-order valence-electron chi connectivity index (χ2n) is 5.84. The van der Waals surface area contributed by atoms with Crippen LogP contribution in [0.15, 0.2) is 0 Å². The normalized spacial score (nSPS) is 36.6. The summed E-state index contributed by atoms with van der Waals surface area (Å²) in [6.07, 6.45) is 6.00. The highest BCUT2D eigenvalue weighted by Gasteiger charge is 2.42. The van der Waals surface area contributed by atoms with Crippen molar-refractivity contribution in [1.29, 1.82) is 0 Å². The van der Waals surface area contributed by atoms with Crippen molar-refractivity contribution < 1.29 is 9.53 Å². The minimum atomic E-state index is -0.574. The second-order valence-corrected chi connectivity index (χ2v) is 5.84. The van der Waals surface area contributed by atoms with E-state index in [0.29, 0.717) is 12.1 Å². The third kappa shape index (κ3) is 2.69. The van der Waals surface area contributed by atoms with Crippen LogP contribution in [-0.4, -0.2) is 41.6 Å². The summed E-state index contributed by atoms with van der Waals surface area (Å²) in [7, 11) is 0. The monoisotopic (exact) mass is 254 g/mol. The molecule has 1 aliphatic carbocycles. The van der Waals surface area contributed by atoms with Crippen LogP contribution in [0.2, 0.25) is 0 Å². The van der Waals surface area contributed by atoms with Gasteiger partial charge >= 0.3 is 0 Å². The Hall–Kier alpha value is -0.610. The van der Waals surface area contributed by atoms with Gasteiger partial charge in [-0.2, -0.15) is 0 Å². The number of nitrogens with zero attached hydrogens (tertiary/aromatic N) is 1. The number of hydrogen-bond donors (Lipinski definition) is 1. The lowest BCUT2D eigenvalue weighted by Crippen LogP contribution is -2.52. The van der Waals surface area contributed by atoms with Crippen molar-refractivity contribution in [2.24, 2.45) is 5.73 Å². The standard InChI is InChI=1S/C14H26N2O2/c1-3-16(12-7-5-11(15)6-8-12)13(17)14(2)9-4-10-18-14/h11-12H,3-10,15H2,1-2H3. The van der Waals surface area contributed by atoms with Gasteiger partial charge in [0.1, 0.15) is 5.60 Å². The van der Waals surface area contributed by atoms with Crippen LogP contribution < -0.4 is 5.73 Å². The predicted octanol–water partition coefficient (Wildman–Crippen LogP) is 1.67. The summed E-state index contributed by atoms with van der Waals surface area (Å²) in [5.41, 5.74) is 5.36. The van der Waals surface area contributed by atoms with Crippen LogP contribution in [0.3, 0.4) is 0 Å². The Morgan fingerprint density at radius 1 is 1.39 bits per heavy atom. The first-order valence-corrected chi connectivity index (χ1v) is 7.27. The maximum Gasteiger partial charge on any atom is 0.254 e. The quantitative estimate of drug-likeness (QED) is 0.833. The Morgan fingerprint density at radius 3 is 2.56 bits per heavy atom. The van der Waals surface area contributed by atoms with Gasteiger partial charge in [-0.1, -0.05) is 0 Å². The van der Waals surface area contributed by atoms with Gasteiger partial charge in [-0.05, 0) is 52.4 Å². The number of rotatable bonds is 3. The lowest BCUT2D eigenvalue weighted by molar-refractivity contribution is -0.154. The first kappa shape index (κ1) is 13.8. The fourth-order valence-electron chi connectivity index (χ4n) is 3.23. The summed E-state index contributed by atoms with van der Waals surface area (Å²) in [6, 6.07) is 0.691. The molecule has 1 saturated carbocycles. The van der Waals surface area contributed by atoms with E-state index in [-0.39, 0.29) is 5.91 Å². The molecular weight excluding hydrogens is 228 g/mol. The molecule has 4 heteroatoms. The highest BCUT2D eigenvalue weighted by Crippen LogP contribution is 2.30. The van der Waals surface area contributed by atoms with E-state index >= 15 is 0 Å². The van der Waals surface area contributed by atoms with Gasteiger partial charge in [0.15, 0.2) is 0 Å². The van der Waals surface area contributed by atoms with Gasteiger partial charge in [-0.25, -0.2) is 0 Å². The number of ether oxygens (including phenoxy) is 1. The van der Waals surface area contributed by atoms with Gasteiger partial charge in [0, 0.05) is 25.2 Å². The van der Waals surface area contributed by atoms with Crippen molar-refractivity contribution in [3.05, 3.63) is 0 Å².